The van der Waals surface area contributed by atoms with Gasteiger partial charge in [-0.2, -0.15) is 0 Å². The topological polar surface area (TPSA) is 158 Å². The van der Waals surface area contributed by atoms with E-state index < -0.39 is 0 Å². The van der Waals surface area contributed by atoms with Crippen molar-refractivity contribution in [2.75, 3.05) is 0 Å². The molecule has 0 spiro atoms. The number of rotatable bonds is 0. The van der Waals surface area contributed by atoms with E-state index in [1.807, 2.05) is 0 Å². The molecule has 0 heterocycles. The van der Waals surface area contributed by atoms with Crippen molar-refractivity contribution in [2.45, 2.75) is 0 Å². The molecule has 7 heteroatoms. The maximum atomic E-state index is 0. The third-order valence-corrected chi connectivity index (χ3v) is 0. The molecule has 0 fully saturated rings. The fraction of sp³-hybridized carbons (Fsp3) is 0. The summed E-state index contributed by atoms with van der Waals surface area (Å²) in [6.45, 7) is 0. The molecule has 10 N–H and O–H groups in total. The van der Waals surface area contributed by atoms with E-state index in [9.17, 15) is 0 Å². The molecule has 7 heavy (non-hydrogen) atoms. The van der Waals surface area contributed by atoms with Gasteiger partial charge < -0.3 is 28.8 Å². The molecular weight excluding hydrogens is 264 g/mol. The van der Waals surface area contributed by atoms with Crippen LogP contribution in [0.4, 0.5) is 0 Å². The van der Waals surface area contributed by atoms with Crippen LogP contribution in [0.1, 0.15) is 1.43 Å². The van der Waals surface area contributed by atoms with Crippen LogP contribution in [-0.2, 0) is 18.6 Å². The maximum Gasteiger partial charge on any atom is 1.00 e. The molecule has 0 aromatic rings. The van der Waals surface area contributed by atoms with Gasteiger partial charge in [0.2, 0.25) is 0 Å². The largest absolute Gasteiger partial charge is 1.00 e. The van der Waals surface area contributed by atoms with E-state index in [1.54, 1.807) is 0 Å². The summed E-state index contributed by atoms with van der Waals surface area (Å²) in [6.07, 6.45) is 0. The van der Waals surface area contributed by atoms with Gasteiger partial charge in [-0.05, 0) is 0 Å². The van der Waals surface area contributed by atoms with Crippen LogP contribution in [0.25, 0.3) is 0 Å². The van der Waals surface area contributed by atoms with Crippen LogP contribution >= 0.6 is 0 Å². The fourth-order valence-corrected chi connectivity index (χ4v) is 0. The number of hydrogen-bond acceptors (Lipinski definition) is 0. The van der Waals surface area contributed by atoms with Crippen LogP contribution in [0.3, 0.4) is 0 Å². The third kappa shape index (κ3) is 58.9. The minimum absolute atomic E-state index is 0. The second kappa shape index (κ2) is 78.6. The van der Waals surface area contributed by atoms with Gasteiger partial charge in [0.25, 0.3) is 0 Å². The molecule has 5 nitrogen and oxygen atoms in total. The summed E-state index contributed by atoms with van der Waals surface area (Å²) in [6, 6.07) is 0. The molecular formula is H11CsO5V. The van der Waals surface area contributed by atoms with Crippen LogP contribution in [-0.4, -0.2) is 27.4 Å². The molecule has 0 rings (SSSR count). The molecule has 0 aliphatic carbocycles. The zero-order valence-corrected chi connectivity index (χ0v) is 11.6. The Morgan fingerprint density at radius 1 is 0.571 bits per heavy atom. The second-order valence-corrected chi connectivity index (χ2v) is 0. The second-order valence-electron chi connectivity index (χ2n) is 0. The summed E-state index contributed by atoms with van der Waals surface area (Å²) in [5, 5.41) is 0. The maximum absolute atomic E-state index is 0. The predicted molar refractivity (Wildman–Crippen MR) is 19.2 cm³/mol. The first-order valence-corrected chi connectivity index (χ1v) is 0. The molecule has 0 aliphatic rings. The smallest absolute Gasteiger partial charge is 1.00 e. The predicted octanol–water partition coefficient (Wildman–Crippen LogP) is -7.01. The van der Waals surface area contributed by atoms with Gasteiger partial charge in [0.1, 0.15) is 0 Å². The zero-order valence-electron chi connectivity index (χ0n) is 4.95. The molecule has 0 bridgehead atoms. The summed E-state index contributed by atoms with van der Waals surface area (Å²) in [7, 11) is 0. The van der Waals surface area contributed by atoms with Gasteiger partial charge in [-0.3, -0.25) is 0 Å². The van der Waals surface area contributed by atoms with Gasteiger partial charge in [0.15, 0.2) is 0 Å². The Labute approximate surface area is 114 Å². The molecule has 0 saturated heterocycles. The summed E-state index contributed by atoms with van der Waals surface area (Å²) >= 11 is 0. The first-order chi connectivity index (χ1) is 0. The van der Waals surface area contributed by atoms with Crippen molar-refractivity contribution < 1.29 is 116 Å². The first-order valence-electron chi connectivity index (χ1n) is 0. The van der Waals surface area contributed by atoms with Crippen molar-refractivity contribution in [3.8, 4) is 0 Å². The van der Waals surface area contributed by atoms with E-state index in [1.165, 1.54) is 0 Å². The summed E-state index contributed by atoms with van der Waals surface area (Å²) < 4.78 is 0. The van der Waals surface area contributed by atoms with Gasteiger partial charge in [-0.1, -0.05) is 0 Å². The first kappa shape index (κ1) is 113. The van der Waals surface area contributed by atoms with Gasteiger partial charge in [0, 0.05) is 18.6 Å². The van der Waals surface area contributed by atoms with E-state index in [2.05, 4.69) is 0 Å². The van der Waals surface area contributed by atoms with Gasteiger partial charge in [-0.25, -0.2) is 0 Å². The van der Waals surface area contributed by atoms with E-state index in [0.717, 1.165) is 0 Å². The Kier molecular flexibility index (Phi) is 1270. The van der Waals surface area contributed by atoms with E-state index in [4.69, 9.17) is 0 Å². The standard InChI is InChI=1S/Cs.5H2O.V.H/h;5*1H2;;/q+1;;;;;;;-1. The minimum Gasteiger partial charge on any atom is -1.00 e. The van der Waals surface area contributed by atoms with Crippen molar-refractivity contribution in [1.82, 2.24) is 0 Å². The zero-order chi connectivity index (χ0) is 0. The molecule has 0 aromatic carbocycles. The molecule has 47 valence electrons. The van der Waals surface area contributed by atoms with Crippen LogP contribution in [0.15, 0.2) is 0 Å². The molecule has 0 unspecified atom stereocenters. The summed E-state index contributed by atoms with van der Waals surface area (Å²) in [5.41, 5.74) is 0. The number of hydrogen-bond donors (Lipinski definition) is 0. The average Bonchev–Trinajstić information content (AvgIpc) is 0. The fourth-order valence-electron chi connectivity index (χ4n) is 0. The van der Waals surface area contributed by atoms with Crippen LogP contribution in [0, 0.1) is 0 Å². The Hall–Kier alpha value is 2.44. The van der Waals surface area contributed by atoms with Gasteiger partial charge in [-0.15, -0.1) is 0 Å². The molecule has 0 atom stereocenters. The van der Waals surface area contributed by atoms with Crippen LogP contribution in [0.5, 0.6) is 0 Å². The van der Waals surface area contributed by atoms with E-state index in [-0.39, 0.29) is 116 Å². The third-order valence-electron chi connectivity index (χ3n) is 0. The molecule has 0 saturated carbocycles. The van der Waals surface area contributed by atoms with Crippen LogP contribution in [0.2, 0.25) is 0 Å². The SMILES string of the molecule is O.O.O.O.O.[Cs+].[H-].[V]. The average molecular weight is 275 g/mol. The van der Waals surface area contributed by atoms with Crippen molar-refractivity contribution >= 4 is 0 Å². The minimum atomic E-state index is 0. The summed E-state index contributed by atoms with van der Waals surface area (Å²) in [5.74, 6) is 0. The van der Waals surface area contributed by atoms with E-state index >= 15 is 0 Å². The van der Waals surface area contributed by atoms with Crippen LogP contribution < -0.4 is 68.9 Å². The van der Waals surface area contributed by atoms with Crippen molar-refractivity contribution in [3.63, 3.8) is 0 Å². The Morgan fingerprint density at radius 2 is 0.571 bits per heavy atom. The summed E-state index contributed by atoms with van der Waals surface area (Å²) in [4.78, 5) is 0. The van der Waals surface area contributed by atoms with E-state index in [0.29, 0.717) is 0 Å². The van der Waals surface area contributed by atoms with Crippen molar-refractivity contribution in [2.24, 2.45) is 0 Å². The molecule has 0 aromatic heterocycles. The molecule has 1 radical (unpaired) electrons. The normalized spacial score (nSPS) is 0. The quantitative estimate of drug-likeness (QED) is 0.411. The van der Waals surface area contributed by atoms with Gasteiger partial charge >= 0.3 is 68.9 Å². The van der Waals surface area contributed by atoms with Crippen molar-refractivity contribution in [1.29, 1.82) is 0 Å². The Balaban J connectivity index is 0. The Morgan fingerprint density at radius 3 is 0.571 bits per heavy atom. The Bertz CT molecular complexity index is 12.4. The van der Waals surface area contributed by atoms with Gasteiger partial charge in [0.05, 0.1) is 0 Å². The molecule has 0 aliphatic heterocycles. The molecule has 0 amide bonds. The van der Waals surface area contributed by atoms with Crippen molar-refractivity contribution in [3.05, 3.63) is 0 Å². The monoisotopic (exact) mass is 275 g/mol.